The molecule has 1 amide bonds. The Labute approximate surface area is 109 Å². The van der Waals surface area contributed by atoms with E-state index in [-0.39, 0.29) is 23.9 Å². The number of hydrogen-bond acceptors (Lipinski definition) is 2. The van der Waals surface area contributed by atoms with Crippen LogP contribution in [0.2, 0.25) is 0 Å². The molecule has 0 aliphatic heterocycles. The first kappa shape index (κ1) is 15.9. The Kier molecular flexibility index (Phi) is 5.66. The van der Waals surface area contributed by atoms with Crippen LogP contribution in [-0.2, 0) is 0 Å². The van der Waals surface area contributed by atoms with Crippen molar-refractivity contribution < 1.29 is 4.79 Å². The van der Waals surface area contributed by atoms with Gasteiger partial charge in [0.25, 0.3) is 5.91 Å². The molecule has 0 aromatic heterocycles. The summed E-state index contributed by atoms with van der Waals surface area (Å²) in [4.78, 5) is 11.8. The van der Waals surface area contributed by atoms with E-state index in [4.69, 9.17) is 5.73 Å². The van der Waals surface area contributed by atoms with E-state index < -0.39 is 0 Å². The van der Waals surface area contributed by atoms with Crippen molar-refractivity contribution in [3.8, 4) is 0 Å². The standard InChI is InChI=1S/C13H20N2O.ClH/c1-9-5-10(2)7-11(6-9)12(16)15-8-13(3,4)14;/h5-7H,8,14H2,1-4H3,(H,15,16);1H. The van der Waals surface area contributed by atoms with E-state index in [2.05, 4.69) is 5.32 Å². The first-order valence-electron chi connectivity index (χ1n) is 5.43. The van der Waals surface area contributed by atoms with Gasteiger partial charge in [-0.05, 0) is 39.8 Å². The van der Waals surface area contributed by atoms with Crippen LogP contribution in [-0.4, -0.2) is 18.0 Å². The number of benzene rings is 1. The highest BCUT2D eigenvalue weighted by atomic mass is 35.5. The molecule has 1 rings (SSSR count). The number of hydrogen-bond donors (Lipinski definition) is 2. The van der Waals surface area contributed by atoms with E-state index in [1.54, 1.807) is 0 Å². The summed E-state index contributed by atoms with van der Waals surface area (Å²) in [5.74, 6) is -0.0645. The van der Waals surface area contributed by atoms with Crippen LogP contribution in [0.15, 0.2) is 18.2 Å². The monoisotopic (exact) mass is 256 g/mol. The van der Waals surface area contributed by atoms with Crippen molar-refractivity contribution in [2.24, 2.45) is 5.73 Å². The second kappa shape index (κ2) is 6.03. The zero-order valence-corrected chi connectivity index (χ0v) is 11.6. The van der Waals surface area contributed by atoms with Crippen molar-refractivity contribution in [3.05, 3.63) is 34.9 Å². The lowest BCUT2D eigenvalue weighted by Gasteiger charge is -2.19. The molecule has 96 valence electrons. The summed E-state index contributed by atoms with van der Waals surface area (Å²) in [5.41, 5.74) is 8.31. The van der Waals surface area contributed by atoms with Gasteiger partial charge in [-0.3, -0.25) is 4.79 Å². The first-order valence-corrected chi connectivity index (χ1v) is 5.43. The quantitative estimate of drug-likeness (QED) is 0.871. The molecule has 0 heterocycles. The van der Waals surface area contributed by atoms with Crippen molar-refractivity contribution in [1.29, 1.82) is 0 Å². The van der Waals surface area contributed by atoms with Gasteiger partial charge in [-0.25, -0.2) is 0 Å². The van der Waals surface area contributed by atoms with Gasteiger partial charge in [0.1, 0.15) is 0 Å². The zero-order chi connectivity index (χ0) is 12.3. The second-order valence-electron chi connectivity index (χ2n) is 5.05. The summed E-state index contributed by atoms with van der Waals surface area (Å²) in [5, 5.41) is 2.83. The van der Waals surface area contributed by atoms with Gasteiger partial charge in [-0.1, -0.05) is 17.2 Å². The molecule has 17 heavy (non-hydrogen) atoms. The summed E-state index contributed by atoms with van der Waals surface area (Å²) in [6.45, 7) is 8.20. The van der Waals surface area contributed by atoms with Gasteiger partial charge in [0.2, 0.25) is 0 Å². The number of carbonyl (C=O) groups excluding carboxylic acids is 1. The fraction of sp³-hybridized carbons (Fsp3) is 0.462. The Bertz CT molecular complexity index is 377. The summed E-state index contributed by atoms with van der Waals surface area (Å²) in [6, 6.07) is 5.81. The highest BCUT2D eigenvalue weighted by Gasteiger charge is 2.13. The van der Waals surface area contributed by atoms with Crippen LogP contribution in [0, 0.1) is 13.8 Å². The van der Waals surface area contributed by atoms with E-state index >= 15 is 0 Å². The lowest BCUT2D eigenvalue weighted by Crippen LogP contribution is -2.45. The van der Waals surface area contributed by atoms with Gasteiger partial charge < -0.3 is 11.1 Å². The molecule has 0 aliphatic carbocycles. The number of rotatable bonds is 3. The normalized spacial score (nSPS) is 10.6. The summed E-state index contributed by atoms with van der Waals surface area (Å²) < 4.78 is 0. The number of amides is 1. The third-order valence-electron chi connectivity index (χ3n) is 2.19. The van der Waals surface area contributed by atoms with Crippen LogP contribution >= 0.6 is 12.4 Å². The van der Waals surface area contributed by atoms with Crippen LogP contribution in [0.1, 0.15) is 35.3 Å². The minimum absolute atomic E-state index is 0. The van der Waals surface area contributed by atoms with Crippen molar-refractivity contribution in [2.75, 3.05) is 6.54 Å². The molecule has 0 unspecified atom stereocenters. The van der Waals surface area contributed by atoms with Gasteiger partial charge in [0, 0.05) is 17.6 Å². The number of halogens is 1. The molecular weight excluding hydrogens is 236 g/mol. The molecule has 0 radical (unpaired) electrons. The molecule has 3 N–H and O–H groups in total. The summed E-state index contributed by atoms with van der Waals surface area (Å²) in [6.07, 6.45) is 0. The van der Waals surface area contributed by atoms with Crippen LogP contribution in [0.25, 0.3) is 0 Å². The lowest BCUT2D eigenvalue weighted by atomic mass is 10.1. The molecule has 0 saturated heterocycles. The van der Waals surface area contributed by atoms with Gasteiger partial charge in [-0.15, -0.1) is 12.4 Å². The van der Waals surface area contributed by atoms with Crippen LogP contribution in [0.4, 0.5) is 0 Å². The highest BCUT2D eigenvalue weighted by molar-refractivity contribution is 5.94. The third-order valence-corrected chi connectivity index (χ3v) is 2.19. The molecule has 3 nitrogen and oxygen atoms in total. The topological polar surface area (TPSA) is 55.1 Å². The molecule has 0 bridgehead atoms. The third kappa shape index (κ3) is 5.71. The fourth-order valence-corrected chi connectivity index (χ4v) is 1.52. The predicted octanol–water partition coefficient (Wildman–Crippen LogP) is 2.19. The molecule has 0 saturated carbocycles. The van der Waals surface area contributed by atoms with Gasteiger partial charge in [0.15, 0.2) is 0 Å². The Balaban J connectivity index is 0.00000256. The van der Waals surface area contributed by atoms with Crippen LogP contribution in [0.3, 0.4) is 0 Å². The first-order chi connectivity index (χ1) is 7.28. The molecule has 1 aromatic rings. The molecule has 0 spiro atoms. The molecule has 0 atom stereocenters. The molecule has 1 aromatic carbocycles. The SMILES string of the molecule is Cc1cc(C)cc(C(=O)NCC(C)(C)N)c1.Cl. The van der Waals surface area contributed by atoms with Crippen molar-refractivity contribution in [3.63, 3.8) is 0 Å². The summed E-state index contributed by atoms with van der Waals surface area (Å²) >= 11 is 0. The minimum atomic E-state index is -0.380. The van der Waals surface area contributed by atoms with E-state index in [0.717, 1.165) is 11.1 Å². The second-order valence-corrected chi connectivity index (χ2v) is 5.05. The maximum Gasteiger partial charge on any atom is 0.251 e. The summed E-state index contributed by atoms with van der Waals surface area (Å²) in [7, 11) is 0. The molecule has 0 fully saturated rings. The minimum Gasteiger partial charge on any atom is -0.350 e. The highest BCUT2D eigenvalue weighted by Crippen LogP contribution is 2.08. The average Bonchev–Trinajstić information content (AvgIpc) is 2.11. The van der Waals surface area contributed by atoms with Crippen LogP contribution in [0.5, 0.6) is 0 Å². The van der Waals surface area contributed by atoms with Crippen molar-refractivity contribution in [1.82, 2.24) is 5.32 Å². The average molecular weight is 257 g/mol. The molecule has 4 heteroatoms. The molecular formula is C13H21ClN2O. The van der Waals surface area contributed by atoms with Crippen molar-refractivity contribution in [2.45, 2.75) is 33.2 Å². The maximum atomic E-state index is 11.8. The fourth-order valence-electron chi connectivity index (χ4n) is 1.52. The number of carbonyl (C=O) groups is 1. The number of nitrogens with one attached hydrogen (secondary N) is 1. The largest absolute Gasteiger partial charge is 0.350 e. The van der Waals surface area contributed by atoms with Gasteiger partial charge in [0.05, 0.1) is 0 Å². The Morgan fingerprint density at radius 1 is 1.24 bits per heavy atom. The maximum absolute atomic E-state index is 11.8. The smallest absolute Gasteiger partial charge is 0.251 e. The lowest BCUT2D eigenvalue weighted by molar-refractivity contribution is 0.0946. The number of aryl methyl sites for hydroxylation is 2. The Hall–Kier alpha value is -1.06. The Morgan fingerprint density at radius 2 is 1.71 bits per heavy atom. The number of nitrogens with two attached hydrogens (primary N) is 1. The Morgan fingerprint density at radius 3 is 2.12 bits per heavy atom. The van der Waals surface area contributed by atoms with Gasteiger partial charge in [-0.2, -0.15) is 0 Å². The predicted molar refractivity (Wildman–Crippen MR) is 73.8 cm³/mol. The van der Waals surface area contributed by atoms with Gasteiger partial charge >= 0.3 is 0 Å². The van der Waals surface area contributed by atoms with E-state index in [0.29, 0.717) is 12.1 Å². The van der Waals surface area contributed by atoms with E-state index in [9.17, 15) is 4.79 Å². The zero-order valence-electron chi connectivity index (χ0n) is 10.8. The molecule has 0 aliphatic rings. The van der Waals surface area contributed by atoms with E-state index in [1.807, 2.05) is 45.9 Å². The van der Waals surface area contributed by atoms with E-state index in [1.165, 1.54) is 0 Å². The van der Waals surface area contributed by atoms with Crippen molar-refractivity contribution >= 4 is 18.3 Å². The van der Waals surface area contributed by atoms with Crippen LogP contribution < -0.4 is 11.1 Å².